The Labute approximate surface area is 84.7 Å². The Morgan fingerprint density at radius 2 is 2.14 bits per heavy atom. The number of hydrogen-bond acceptors (Lipinski definition) is 2. The maximum Gasteiger partial charge on any atom is 0.247 e. The van der Waals surface area contributed by atoms with E-state index < -0.39 is 0 Å². The monoisotopic (exact) mass is 194 g/mol. The van der Waals surface area contributed by atoms with Gasteiger partial charge < -0.3 is 11.1 Å². The third-order valence-corrected chi connectivity index (χ3v) is 3.28. The highest BCUT2D eigenvalue weighted by atomic mass is 16.1. The molecule has 2 atom stereocenters. The van der Waals surface area contributed by atoms with Crippen molar-refractivity contribution in [1.29, 1.82) is 0 Å². The maximum atomic E-state index is 11.6. The molecular formula is C11H18N2O. The van der Waals surface area contributed by atoms with Crippen LogP contribution in [0.3, 0.4) is 0 Å². The van der Waals surface area contributed by atoms with E-state index in [-0.39, 0.29) is 11.9 Å². The molecule has 78 valence electrons. The molecule has 14 heavy (non-hydrogen) atoms. The molecule has 1 saturated carbocycles. The Morgan fingerprint density at radius 1 is 1.36 bits per heavy atom. The van der Waals surface area contributed by atoms with E-state index in [1.165, 1.54) is 12.8 Å². The lowest BCUT2D eigenvalue weighted by Crippen LogP contribution is -2.40. The van der Waals surface area contributed by atoms with Crippen LogP contribution in [0, 0.1) is 5.92 Å². The van der Waals surface area contributed by atoms with Crippen LogP contribution in [-0.4, -0.2) is 18.5 Å². The molecule has 1 amide bonds. The number of amides is 1. The van der Waals surface area contributed by atoms with Gasteiger partial charge in [0.05, 0.1) is 0 Å². The minimum absolute atomic E-state index is 0.110. The van der Waals surface area contributed by atoms with E-state index in [2.05, 4.69) is 11.4 Å². The van der Waals surface area contributed by atoms with Gasteiger partial charge in [0.15, 0.2) is 0 Å². The van der Waals surface area contributed by atoms with Crippen LogP contribution < -0.4 is 11.1 Å². The van der Waals surface area contributed by atoms with Crippen molar-refractivity contribution >= 4 is 5.91 Å². The molecular weight excluding hydrogens is 176 g/mol. The average Bonchev–Trinajstić information content (AvgIpc) is 2.20. The molecule has 2 aliphatic rings. The van der Waals surface area contributed by atoms with Gasteiger partial charge in [-0.05, 0) is 19.3 Å². The van der Waals surface area contributed by atoms with Gasteiger partial charge in [0.25, 0.3) is 0 Å². The van der Waals surface area contributed by atoms with Crippen LogP contribution in [0.2, 0.25) is 0 Å². The van der Waals surface area contributed by atoms with E-state index in [4.69, 9.17) is 5.73 Å². The number of carbonyl (C=O) groups excluding carboxylic acids is 1. The summed E-state index contributed by atoms with van der Waals surface area (Å²) in [5, 5.41) is 2.89. The van der Waals surface area contributed by atoms with Crippen molar-refractivity contribution in [2.45, 2.75) is 38.1 Å². The van der Waals surface area contributed by atoms with Crippen molar-refractivity contribution in [2.24, 2.45) is 11.7 Å². The molecule has 3 heteroatoms. The van der Waals surface area contributed by atoms with Gasteiger partial charge in [0.2, 0.25) is 5.91 Å². The van der Waals surface area contributed by atoms with Crippen molar-refractivity contribution < 1.29 is 4.79 Å². The lowest BCUT2D eigenvalue weighted by Gasteiger charge is -2.31. The molecule has 0 saturated heterocycles. The Morgan fingerprint density at radius 3 is 2.86 bits per heavy atom. The highest BCUT2D eigenvalue weighted by molar-refractivity contribution is 5.94. The Hall–Kier alpha value is -0.830. The van der Waals surface area contributed by atoms with Gasteiger partial charge in [-0.15, -0.1) is 0 Å². The second-order valence-electron chi connectivity index (χ2n) is 4.26. The maximum absolute atomic E-state index is 11.6. The van der Waals surface area contributed by atoms with Crippen molar-refractivity contribution in [3.63, 3.8) is 0 Å². The quantitative estimate of drug-likeness (QED) is 0.653. The molecule has 3 nitrogen and oxygen atoms in total. The average molecular weight is 194 g/mol. The topological polar surface area (TPSA) is 55.1 Å². The van der Waals surface area contributed by atoms with E-state index in [0.717, 1.165) is 31.4 Å². The first-order valence-electron chi connectivity index (χ1n) is 5.53. The third-order valence-electron chi connectivity index (χ3n) is 3.28. The molecule has 1 aliphatic carbocycles. The Balaban J connectivity index is 2.11. The molecule has 0 radical (unpaired) electrons. The predicted molar refractivity (Wildman–Crippen MR) is 55.6 cm³/mol. The number of nitrogens with two attached hydrogens (primary N) is 1. The van der Waals surface area contributed by atoms with Crippen LogP contribution in [-0.2, 0) is 4.79 Å². The molecule has 0 aromatic rings. The Bertz CT molecular complexity index is 260. The summed E-state index contributed by atoms with van der Waals surface area (Å²) in [6.45, 7) is 0.782. The summed E-state index contributed by atoms with van der Waals surface area (Å²) in [4.78, 5) is 11.6. The molecule has 1 fully saturated rings. The molecule has 0 unspecified atom stereocenters. The molecule has 1 aliphatic heterocycles. The normalized spacial score (nSPS) is 33.5. The van der Waals surface area contributed by atoms with Crippen LogP contribution >= 0.6 is 0 Å². The number of carbonyl (C=O) groups is 1. The van der Waals surface area contributed by atoms with Crippen molar-refractivity contribution in [3.8, 4) is 0 Å². The summed E-state index contributed by atoms with van der Waals surface area (Å²) in [7, 11) is 0. The molecule has 2 rings (SSSR count). The first-order chi connectivity index (χ1) is 6.79. The van der Waals surface area contributed by atoms with Crippen molar-refractivity contribution in [3.05, 3.63) is 11.6 Å². The fraction of sp³-hybridized carbons (Fsp3) is 0.727. The van der Waals surface area contributed by atoms with Crippen molar-refractivity contribution in [2.75, 3.05) is 6.54 Å². The Kier molecular flexibility index (Phi) is 2.87. The van der Waals surface area contributed by atoms with E-state index in [9.17, 15) is 4.79 Å². The van der Waals surface area contributed by atoms with Gasteiger partial charge in [-0.3, -0.25) is 4.79 Å². The van der Waals surface area contributed by atoms with Crippen LogP contribution in [0.4, 0.5) is 0 Å². The second kappa shape index (κ2) is 4.13. The second-order valence-corrected chi connectivity index (χ2v) is 4.26. The van der Waals surface area contributed by atoms with Gasteiger partial charge in [-0.25, -0.2) is 0 Å². The van der Waals surface area contributed by atoms with E-state index >= 15 is 0 Å². The lowest BCUT2D eigenvalue weighted by molar-refractivity contribution is -0.118. The van der Waals surface area contributed by atoms with Crippen LogP contribution in [0.15, 0.2) is 11.6 Å². The lowest BCUT2D eigenvalue weighted by atomic mass is 9.79. The molecule has 3 N–H and O–H groups in total. The molecule has 0 spiro atoms. The standard InChI is InChI=1S/C11H18N2O/c12-10-6-2-1-4-8(10)9-5-3-7-13-11(9)14/h5,8,10H,1-4,6-7,12H2,(H,13,14)/t8-,10+/m0/s1. The zero-order chi connectivity index (χ0) is 9.97. The SMILES string of the molecule is N[C@@H]1CCCC[C@H]1C1=CCCNC1=O. The number of nitrogens with one attached hydrogen (secondary N) is 1. The van der Waals surface area contributed by atoms with Crippen LogP contribution in [0.1, 0.15) is 32.1 Å². The molecule has 0 aromatic heterocycles. The highest BCUT2D eigenvalue weighted by Crippen LogP contribution is 2.30. The van der Waals surface area contributed by atoms with Gasteiger partial charge in [0.1, 0.15) is 0 Å². The van der Waals surface area contributed by atoms with Gasteiger partial charge >= 0.3 is 0 Å². The highest BCUT2D eigenvalue weighted by Gasteiger charge is 2.29. The van der Waals surface area contributed by atoms with E-state index in [0.29, 0.717) is 5.92 Å². The molecule has 0 bridgehead atoms. The summed E-state index contributed by atoms with van der Waals surface area (Å²) < 4.78 is 0. The first kappa shape index (κ1) is 9.71. The molecule has 1 heterocycles. The van der Waals surface area contributed by atoms with Crippen molar-refractivity contribution in [1.82, 2.24) is 5.32 Å². The van der Waals surface area contributed by atoms with E-state index in [1.54, 1.807) is 0 Å². The predicted octanol–water partition coefficient (Wildman–Crippen LogP) is 0.950. The summed E-state index contributed by atoms with van der Waals surface area (Å²) in [6, 6.07) is 0.193. The first-order valence-corrected chi connectivity index (χ1v) is 5.53. The van der Waals surface area contributed by atoms with E-state index in [1.807, 2.05) is 0 Å². The minimum atomic E-state index is 0.110. The number of rotatable bonds is 1. The molecule has 0 aromatic carbocycles. The third kappa shape index (κ3) is 1.82. The number of hydrogen-bond donors (Lipinski definition) is 2. The summed E-state index contributed by atoms with van der Waals surface area (Å²) in [6.07, 6.45) is 7.62. The van der Waals surface area contributed by atoms with Crippen LogP contribution in [0.25, 0.3) is 0 Å². The fourth-order valence-electron chi connectivity index (χ4n) is 2.47. The smallest absolute Gasteiger partial charge is 0.247 e. The largest absolute Gasteiger partial charge is 0.352 e. The zero-order valence-corrected chi connectivity index (χ0v) is 8.46. The van der Waals surface area contributed by atoms with Gasteiger partial charge in [-0.2, -0.15) is 0 Å². The van der Waals surface area contributed by atoms with Gasteiger partial charge in [0, 0.05) is 24.1 Å². The zero-order valence-electron chi connectivity index (χ0n) is 8.46. The summed E-state index contributed by atoms with van der Waals surface area (Å²) in [5.74, 6) is 0.419. The summed E-state index contributed by atoms with van der Waals surface area (Å²) in [5.41, 5.74) is 7.00. The summed E-state index contributed by atoms with van der Waals surface area (Å²) >= 11 is 0. The van der Waals surface area contributed by atoms with Gasteiger partial charge in [-0.1, -0.05) is 18.9 Å². The minimum Gasteiger partial charge on any atom is -0.352 e. The fourth-order valence-corrected chi connectivity index (χ4v) is 2.47. The van der Waals surface area contributed by atoms with Crippen LogP contribution in [0.5, 0.6) is 0 Å².